The molecule has 0 saturated carbocycles. The molecule has 0 unspecified atom stereocenters. The lowest BCUT2D eigenvalue weighted by molar-refractivity contribution is 0.590. The molecule has 4 rings (SSSR count). The first kappa shape index (κ1) is 20.6. The molecular formula is C25H26Br2N2. The van der Waals surface area contributed by atoms with E-state index < -0.39 is 0 Å². The first-order chi connectivity index (χ1) is 13.4. The van der Waals surface area contributed by atoms with Crippen LogP contribution < -0.4 is 0 Å². The normalized spacial score (nSPS) is 12.8. The maximum absolute atomic E-state index is 4.42. The van der Waals surface area contributed by atoms with Gasteiger partial charge in [0.2, 0.25) is 0 Å². The number of aromatic nitrogens is 2. The molecule has 0 amide bonds. The van der Waals surface area contributed by atoms with Crippen LogP contribution in [0.5, 0.6) is 0 Å². The highest BCUT2D eigenvalue weighted by molar-refractivity contribution is 9.11. The molecule has 0 bridgehead atoms. The van der Waals surface area contributed by atoms with Gasteiger partial charge in [-0.3, -0.25) is 0 Å². The molecule has 29 heavy (non-hydrogen) atoms. The highest BCUT2D eigenvalue weighted by Crippen LogP contribution is 2.38. The van der Waals surface area contributed by atoms with Crippen molar-refractivity contribution in [1.82, 2.24) is 9.55 Å². The molecule has 2 aromatic heterocycles. The largest absolute Gasteiger partial charge is 0.309 e. The number of rotatable bonds is 1. The first-order valence-electron chi connectivity index (χ1n) is 9.88. The van der Waals surface area contributed by atoms with Gasteiger partial charge in [-0.25, -0.2) is 4.98 Å². The number of hydrogen-bond donors (Lipinski definition) is 0. The van der Waals surface area contributed by atoms with E-state index in [0.29, 0.717) is 0 Å². The first-order valence-corrected chi connectivity index (χ1v) is 11.5. The summed E-state index contributed by atoms with van der Waals surface area (Å²) in [7, 11) is 0. The van der Waals surface area contributed by atoms with E-state index in [1.165, 1.54) is 32.9 Å². The van der Waals surface area contributed by atoms with Crippen LogP contribution in [0.15, 0.2) is 57.7 Å². The number of hydrogen-bond acceptors (Lipinski definition) is 1. The molecule has 0 aliphatic heterocycles. The maximum Gasteiger partial charge on any atom is 0.109 e. The van der Waals surface area contributed by atoms with Crippen molar-refractivity contribution in [2.75, 3.05) is 0 Å². The summed E-state index contributed by atoms with van der Waals surface area (Å²) in [4.78, 5) is 4.42. The number of pyridine rings is 1. The van der Waals surface area contributed by atoms with Crippen LogP contribution in [-0.4, -0.2) is 9.55 Å². The summed E-state index contributed by atoms with van der Waals surface area (Å²) >= 11 is 7.10. The minimum atomic E-state index is 0.104. The van der Waals surface area contributed by atoms with Gasteiger partial charge in [-0.15, -0.1) is 0 Å². The maximum atomic E-state index is 4.42. The average Bonchev–Trinajstić information content (AvgIpc) is 2.92. The van der Waals surface area contributed by atoms with Crippen molar-refractivity contribution in [1.29, 1.82) is 0 Å². The molecule has 0 radical (unpaired) electrons. The van der Waals surface area contributed by atoms with Gasteiger partial charge >= 0.3 is 0 Å². The third kappa shape index (κ3) is 3.77. The summed E-state index contributed by atoms with van der Waals surface area (Å²) in [6, 6.07) is 17.9. The summed E-state index contributed by atoms with van der Waals surface area (Å²) < 4.78 is 3.96. The Balaban J connectivity index is 2.14. The van der Waals surface area contributed by atoms with Crippen molar-refractivity contribution in [2.24, 2.45) is 0 Å². The Bertz CT molecular complexity index is 1150. The van der Waals surface area contributed by atoms with E-state index in [9.17, 15) is 0 Å². The van der Waals surface area contributed by atoms with Crippen LogP contribution >= 0.6 is 31.9 Å². The van der Waals surface area contributed by atoms with E-state index in [1.54, 1.807) is 0 Å². The lowest BCUT2D eigenvalue weighted by atomic mass is 9.85. The summed E-state index contributed by atoms with van der Waals surface area (Å²) in [6.07, 6.45) is 0. The molecule has 0 fully saturated rings. The van der Waals surface area contributed by atoms with Crippen LogP contribution in [0.25, 0.3) is 27.5 Å². The van der Waals surface area contributed by atoms with Gasteiger partial charge in [0.25, 0.3) is 0 Å². The smallest absolute Gasteiger partial charge is 0.109 e. The molecule has 2 heterocycles. The fraction of sp³-hybridized carbons (Fsp3) is 0.320. The van der Waals surface area contributed by atoms with Crippen LogP contribution in [0.2, 0.25) is 0 Å². The molecular weight excluding hydrogens is 488 g/mol. The Morgan fingerprint density at radius 2 is 1.07 bits per heavy atom. The molecule has 0 aliphatic carbocycles. The second-order valence-corrected chi connectivity index (χ2v) is 11.4. The summed E-state index contributed by atoms with van der Waals surface area (Å²) in [5.41, 5.74) is 6.42. The third-order valence-electron chi connectivity index (χ3n) is 5.50. The quantitative estimate of drug-likeness (QED) is 0.234. The zero-order valence-corrected chi connectivity index (χ0v) is 20.9. The molecule has 0 spiro atoms. The molecule has 150 valence electrons. The van der Waals surface area contributed by atoms with E-state index >= 15 is 0 Å². The van der Waals surface area contributed by atoms with Crippen LogP contribution in [0.4, 0.5) is 0 Å². The number of halogens is 2. The molecule has 4 aromatic rings. The van der Waals surface area contributed by atoms with E-state index in [0.717, 1.165) is 14.9 Å². The van der Waals surface area contributed by atoms with Gasteiger partial charge in [0.15, 0.2) is 0 Å². The SMILES string of the molecule is CC(C)(C)c1ccc2c(c1)c1cc(C(C)(C)C)ccc1n2-c1cc(Br)nc(Br)c1. The fourth-order valence-electron chi connectivity index (χ4n) is 3.82. The molecule has 2 aromatic carbocycles. The van der Waals surface area contributed by atoms with Crippen molar-refractivity contribution in [3.05, 3.63) is 68.9 Å². The molecule has 0 N–H and O–H groups in total. The van der Waals surface area contributed by atoms with Crippen molar-refractivity contribution >= 4 is 53.7 Å². The second kappa shape index (κ2) is 6.95. The highest BCUT2D eigenvalue weighted by atomic mass is 79.9. The van der Waals surface area contributed by atoms with E-state index in [4.69, 9.17) is 0 Å². The Hall–Kier alpha value is -1.65. The number of nitrogens with zero attached hydrogens (tertiary/aromatic N) is 2. The Morgan fingerprint density at radius 1 is 0.655 bits per heavy atom. The van der Waals surface area contributed by atoms with Crippen LogP contribution in [-0.2, 0) is 10.8 Å². The highest BCUT2D eigenvalue weighted by Gasteiger charge is 2.20. The predicted molar refractivity (Wildman–Crippen MR) is 131 cm³/mol. The van der Waals surface area contributed by atoms with Gasteiger partial charge in [0.05, 0.1) is 16.7 Å². The van der Waals surface area contributed by atoms with Gasteiger partial charge in [0, 0.05) is 10.8 Å². The standard InChI is InChI=1S/C25H26Br2N2/c1-24(2,3)15-7-9-20-18(11-15)19-12-16(25(4,5)6)8-10-21(19)29(20)17-13-22(26)28-23(27)14-17/h7-14H,1-6H3. The monoisotopic (exact) mass is 512 g/mol. The summed E-state index contributed by atoms with van der Waals surface area (Å²) in [6.45, 7) is 13.6. The second-order valence-electron chi connectivity index (χ2n) is 9.77. The Kier molecular flexibility index (Phi) is 4.94. The predicted octanol–water partition coefficient (Wildman–Crippen LogP) is 8.30. The van der Waals surface area contributed by atoms with Crippen LogP contribution in [0.3, 0.4) is 0 Å². The zero-order chi connectivity index (χ0) is 21.1. The zero-order valence-electron chi connectivity index (χ0n) is 17.8. The van der Waals surface area contributed by atoms with E-state index in [2.05, 4.69) is 131 Å². The van der Waals surface area contributed by atoms with Crippen molar-refractivity contribution in [2.45, 2.75) is 52.4 Å². The molecule has 0 atom stereocenters. The molecule has 0 saturated heterocycles. The number of fused-ring (bicyclic) bond motifs is 3. The molecule has 2 nitrogen and oxygen atoms in total. The number of benzene rings is 2. The van der Waals surface area contributed by atoms with Gasteiger partial charge in [-0.05, 0) is 90.2 Å². The summed E-state index contributed by atoms with van der Waals surface area (Å²) in [5, 5.41) is 2.59. The minimum Gasteiger partial charge on any atom is -0.309 e. The van der Waals surface area contributed by atoms with Crippen LogP contribution in [0, 0.1) is 0 Å². The van der Waals surface area contributed by atoms with Gasteiger partial charge in [-0.2, -0.15) is 0 Å². The summed E-state index contributed by atoms with van der Waals surface area (Å²) in [5.74, 6) is 0. The lowest BCUT2D eigenvalue weighted by Gasteiger charge is -2.19. The average molecular weight is 514 g/mol. The third-order valence-corrected chi connectivity index (χ3v) is 6.32. The van der Waals surface area contributed by atoms with Gasteiger partial charge < -0.3 is 4.57 Å². The Labute approximate surface area is 189 Å². The fourth-order valence-corrected chi connectivity index (χ4v) is 4.90. The van der Waals surface area contributed by atoms with Gasteiger partial charge in [-0.1, -0.05) is 53.7 Å². The lowest BCUT2D eigenvalue weighted by Crippen LogP contribution is -2.10. The van der Waals surface area contributed by atoms with Crippen molar-refractivity contribution in [3.63, 3.8) is 0 Å². The van der Waals surface area contributed by atoms with Crippen LogP contribution in [0.1, 0.15) is 52.7 Å². The minimum absolute atomic E-state index is 0.104. The van der Waals surface area contributed by atoms with E-state index in [1.807, 2.05) is 0 Å². The van der Waals surface area contributed by atoms with Crippen molar-refractivity contribution in [3.8, 4) is 5.69 Å². The Morgan fingerprint density at radius 3 is 1.45 bits per heavy atom. The van der Waals surface area contributed by atoms with Gasteiger partial charge in [0.1, 0.15) is 9.21 Å². The topological polar surface area (TPSA) is 17.8 Å². The van der Waals surface area contributed by atoms with Crippen molar-refractivity contribution < 1.29 is 0 Å². The molecule has 4 heteroatoms. The molecule has 0 aliphatic rings. The van der Waals surface area contributed by atoms with E-state index in [-0.39, 0.29) is 10.8 Å².